The van der Waals surface area contributed by atoms with Gasteiger partial charge in [-0.15, -0.1) is 0 Å². The Morgan fingerprint density at radius 2 is 1.81 bits per heavy atom. The molecule has 0 spiro atoms. The molecular weight excluding hydrogens is 324 g/mol. The van der Waals surface area contributed by atoms with E-state index in [0.717, 1.165) is 31.0 Å². The molecule has 0 aromatic heterocycles. The van der Waals surface area contributed by atoms with Crippen LogP contribution in [-0.2, 0) is 6.54 Å². The van der Waals surface area contributed by atoms with Crippen LogP contribution < -0.4 is 16.0 Å². The largest absolute Gasteiger partial charge is 0.357 e. The van der Waals surface area contributed by atoms with Gasteiger partial charge in [0.1, 0.15) is 0 Å². The highest BCUT2D eigenvalue weighted by Gasteiger charge is 2.05. The predicted molar refractivity (Wildman–Crippen MR) is 108 cm³/mol. The van der Waals surface area contributed by atoms with E-state index in [2.05, 4.69) is 33.9 Å². The first-order chi connectivity index (χ1) is 12.7. The molecule has 1 aromatic carbocycles. The van der Waals surface area contributed by atoms with Gasteiger partial charge in [0.05, 0.1) is 6.54 Å². The van der Waals surface area contributed by atoms with Crippen molar-refractivity contribution in [1.29, 1.82) is 0 Å². The number of amides is 1. The number of benzene rings is 1. The Balaban J connectivity index is 1.85. The summed E-state index contributed by atoms with van der Waals surface area (Å²) in [5.74, 6) is 0.811. The summed E-state index contributed by atoms with van der Waals surface area (Å²) in [6.45, 7) is 6.97. The SMILES string of the molecule is CCNC(=O)c1ccc(CN=C(NCC)NCCC2=CCCCC2)cc1. The van der Waals surface area contributed by atoms with Gasteiger partial charge in [-0.3, -0.25) is 4.79 Å². The Labute approximate surface area is 157 Å². The van der Waals surface area contributed by atoms with Crippen molar-refractivity contribution in [2.24, 2.45) is 4.99 Å². The van der Waals surface area contributed by atoms with Crippen LogP contribution >= 0.6 is 0 Å². The molecule has 5 heteroatoms. The number of rotatable bonds is 8. The van der Waals surface area contributed by atoms with Crippen LogP contribution in [-0.4, -0.2) is 31.5 Å². The first-order valence-corrected chi connectivity index (χ1v) is 9.80. The molecule has 0 heterocycles. The van der Waals surface area contributed by atoms with Crippen LogP contribution in [0.25, 0.3) is 0 Å². The topological polar surface area (TPSA) is 65.5 Å². The minimum Gasteiger partial charge on any atom is -0.357 e. The first kappa shape index (κ1) is 20.0. The van der Waals surface area contributed by atoms with Gasteiger partial charge in [-0.05, 0) is 63.6 Å². The number of hydrogen-bond acceptors (Lipinski definition) is 2. The molecule has 0 bridgehead atoms. The zero-order chi connectivity index (χ0) is 18.6. The Hall–Kier alpha value is -2.30. The van der Waals surface area contributed by atoms with Gasteiger partial charge in [0.25, 0.3) is 5.91 Å². The fourth-order valence-electron chi connectivity index (χ4n) is 3.01. The van der Waals surface area contributed by atoms with E-state index in [9.17, 15) is 4.79 Å². The number of nitrogens with one attached hydrogen (secondary N) is 3. The standard InChI is InChI=1S/C21H32N4O/c1-3-22-20(26)19-12-10-18(11-13-19)16-25-21(23-4-2)24-15-14-17-8-6-5-7-9-17/h8,10-13H,3-7,9,14-16H2,1-2H3,(H,22,26)(H2,23,24,25). The number of aliphatic imine (C=N–C) groups is 1. The van der Waals surface area contributed by atoms with Crippen LogP contribution in [0.1, 0.15) is 61.9 Å². The lowest BCUT2D eigenvalue weighted by atomic mass is 9.97. The van der Waals surface area contributed by atoms with Crippen molar-refractivity contribution in [2.75, 3.05) is 19.6 Å². The van der Waals surface area contributed by atoms with Crippen LogP contribution in [0.4, 0.5) is 0 Å². The van der Waals surface area contributed by atoms with Gasteiger partial charge in [0, 0.05) is 25.2 Å². The summed E-state index contributed by atoms with van der Waals surface area (Å²) >= 11 is 0. The maximum atomic E-state index is 11.8. The Kier molecular flexibility index (Phi) is 8.73. The van der Waals surface area contributed by atoms with Gasteiger partial charge in [0.2, 0.25) is 0 Å². The summed E-state index contributed by atoms with van der Waals surface area (Å²) in [6.07, 6.45) is 8.62. The second kappa shape index (κ2) is 11.3. The molecule has 0 saturated heterocycles. The summed E-state index contributed by atoms with van der Waals surface area (Å²) in [4.78, 5) is 16.4. The highest BCUT2D eigenvalue weighted by molar-refractivity contribution is 5.94. The number of allylic oxidation sites excluding steroid dienone is 1. The van der Waals surface area contributed by atoms with Gasteiger partial charge in [-0.25, -0.2) is 4.99 Å². The molecule has 0 unspecified atom stereocenters. The number of hydrogen-bond donors (Lipinski definition) is 3. The number of nitrogens with zero attached hydrogens (tertiary/aromatic N) is 1. The highest BCUT2D eigenvalue weighted by Crippen LogP contribution is 2.19. The van der Waals surface area contributed by atoms with Crippen LogP contribution in [0.3, 0.4) is 0 Å². The Morgan fingerprint density at radius 1 is 1.04 bits per heavy atom. The van der Waals surface area contributed by atoms with Crippen LogP contribution in [0.2, 0.25) is 0 Å². The van der Waals surface area contributed by atoms with E-state index in [4.69, 9.17) is 0 Å². The fourth-order valence-corrected chi connectivity index (χ4v) is 3.01. The van der Waals surface area contributed by atoms with E-state index in [-0.39, 0.29) is 5.91 Å². The third kappa shape index (κ3) is 6.90. The molecule has 0 aliphatic heterocycles. The predicted octanol–water partition coefficient (Wildman–Crippen LogP) is 3.38. The average molecular weight is 357 g/mol. The summed E-state index contributed by atoms with van der Waals surface area (Å²) in [5, 5.41) is 9.52. The van der Waals surface area contributed by atoms with E-state index in [1.807, 2.05) is 31.2 Å². The van der Waals surface area contributed by atoms with Crippen molar-refractivity contribution in [2.45, 2.75) is 52.5 Å². The average Bonchev–Trinajstić information content (AvgIpc) is 2.67. The smallest absolute Gasteiger partial charge is 0.251 e. The third-order valence-electron chi connectivity index (χ3n) is 4.44. The van der Waals surface area contributed by atoms with Crippen molar-refractivity contribution in [1.82, 2.24) is 16.0 Å². The second-order valence-electron chi connectivity index (χ2n) is 6.54. The highest BCUT2D eigenvalue weighted by atomic mass is 16.1. The normalized spacial score (nSPS) is 14.5. The molecule has 0 atom stereocenters. The monoisotopic (exact) mass is 356 g/mol. The maximum Gasteiger partial charge on any atom is 0.251 e. The first-order valence-electron chi connectivity index (χ1n) is 9.80. The van der Waals surface area contributed by atoms with E-state index in [1.165, 1.54) is 25.7 Å². The van der Waals surface area contributed by atoms with Gasteiger partial charge in [-0.2, -0.15) is 0 Å². The Morgan fingerprint density at radius 3 is 2.46 bits per heavy atom. The molecule has 1 aliphatic carbocycles. The maximum absolute atomic E-state index is 11.8. The fraction of sp³-hybridized carbons (Fsp3) is 0.524. The minimum atomic E-state index is -0.0328. The van der Waals surface area contributed by atoms with Gasteiger partial charge in [0.15, 0.2) is 5.96 Å². The van der Waals surface area contributed by atoms with E-state index < -0.39 is 0 Å². The van der Waals surface area contributed by atoms with Crippen molar-refractivity contribution < 1.29 is 4.79 Å². The lowest BCUT2D eigenvalue weighted by Crippen LogP contribution is -2.37. The second-order valence-corrected chi connectivity index (χ2v) is 6.54. The van der Waals surface area contributed by atoms with E-state index >= 15 is 0 Å². The molecule has 3 N–H and O–H groups in total. The lowest BCUT2D eigenvalue weighted by Gasteiger charge is -2.15. The van der Waals surface area contributed by atoms with Crippen LogP contribution in [0.5, 0.6) is 0 Å². The third-order valence-corrected chi connectivity index (χ3v) is 4.44. The molecule has 1 aliphatic rings. The molecule has 0 fully saturated rings. The van der Waals surface area contributed by atoms with E-state index in [0.29, 0.717) is 18.7 Å². The van der Waals surface area contributed by atoms with Crippen molar-refractivity contribution in [3.05, 3.63) is 47.0 Å². The number of carbonyl (C=O) groups is 1. The van der Waals surface area contributed by atoms with Crippen molar-refractivity contribution in [3.63, 3.8) is 0 Å². The summed E-state index contributed by atoms with van der Waals surface area (Å²) in [6, 6.07) is 7.63. The van der Waals surface area contributed by atoms with Crippen LogP contribution in [0.15, 0.2) is 40.9 Å². The minimum absolute atomic E-state index is 0.0328. The summed E-state index contributed by atoms with van der Waals surface area (Å²) in [5.41, 5.74) is 3.34. The molecule has 0 radical (unpaired) electrons. The summed E-state index contributed by atoms with van der Waals surface area (Å²) < 4.78 is 0. The molecule has 1 aromatic rings. The van der Waals surface area contributed by atoms with Gasteiger partial charge < -0.3 is 16.0 Å². The molecule has 2 rings (SSSR count). The molecule has 142 valence electrons. The van der Waals surface area contributed by atoms with Crippen molar-refractivity contribution >= 4 is 11.9 Å². The quantitative estimate of drug-likeness (QED) is 0.380. The molecule has 0 saturated carbocycles. The van der Waals surface area contributed by atoms with E-state index in [1.54, 1.807) is 5.57 Å². The number of carbonyl (C=O) groups excluding carboxylic acids is 1. The zero-order valence-electron chi connectivity index (χ0n) is 16.1. The van der Waals surface area contributed by atoms with Crippen molar-refractivity contribution in [3.8, 4) is 0 Å². The molecule has 5 nitrogen and oxygen atoms in total. The van der Waals surface area contributed by atoms with Gasteiger partial charge >= 0.3 is 0 Å². The zero-order valence-corrected chi connectivity index (χ0v) is 16.1. The number of guanidine groups is 1. The Bertz CT molecular complexity index is 619. The summed E-state index contributed by atoms with van der Waals surface area (Å²) in [7, 11) is 0. The lowest BCUT2D eigenvalue weighted by molar-refractivity contribution is 0.0956. The molecule has 26 heavy (non-hydrogen) atoms. The van der Waals surface area contributed by atoms with Crippen LogP contribution in [0, 0.1) is 0 Å². The molecule has 1 amide bonds. The van der Waals surface area contributed by atoms with Gasteiger partial charge in [-0.1, -0.05) is 23.8 Å². The molecular formula is C21H32N4O.